The van der Waals surface area contributed by atoms with Crippen molar-refractivity contribution >= 4 is 38.7 Å². The average Bonchev–Trinajstić information content (AvgIpc) is 3.06. The zero-order chi connectivity index (χ0) is 12.5. The van der Waals surface area contributed by atoms with Crippen LogP contribution in [0.3, 0.4) is 0 Å². The maximum Gasteiger partial charge on any atom is 0.141 e. The first-order valence-electron chi connectivity index (χ1n) is 5.72. The molecule has 5 heteroatoms. The molecule has 0 N–H and O–H groups in total. The Morgan fingerprint density at radius 3 is 2.83 bits per heavy atom. The number of hydrogen-bond donors (Lipinski definition) is 0. The second-order valence-electron chi connectivity index (χ2n) is 4.14. The molecule has 3 rings (SSSR count). The van der Waals surface area contributed by atoms with Crippen molar-refractivity contribution in [2.75, 3.05) is 11.9 Å². The maximum atomic E-state index is 4.44. The summed E-state index contributed by atoms with van der Waals surface area (Å²) in [5, 5.41) is 5.31. The van der Waals surface area contributed by atoms with Crippen LogP contribution < -0.4 is 4.90 Å². The van der Waals surface area contributed by atoms with Crippen molar-refractivity contribution in [3.8, 4) is 0 Å². The van der Waals surface area contributed by atoms with E-state index < -0.39 is 0 Å². The van der Waals surface area contributed by atoms with Crippen LogP contribution in [-0.4, -0.2) is 17.0 Å². The quantitative estimate of drug-likeness (QED) is 0.724. The van der Waals surface area contributed by atoms with Crippen LogP contribution in [0.15, 0.2) is 35.3 Å². The minimum atomic E-state index is 0.322. The molecule has 18 heavy (non-hydrogen) atoms. The van der Waals surface area contributed by atoms with Crippen molar-refractivity contribution < 1.29 is 0 Å². The Morgan fingerprint density at radius 1 is 1.17 bits per heavy atom. The third-order valence-corrected chi connectivity index (χ3v) is 4.97. The standard InChI is InChI=1S/C13H13N3S2/c1-9(11-4-3-6-17-11)16(2)12-10-5-7-18-13(10)15-8-14-12/h3-9H,1-2H3/t9-/m1/s1. The number of rotatable bonds is 3. The first-order valence-corrected chi connectivity index (χ1v) is 7.47. The van der Waals surface area contributed by atoms with E-state index in [1.54, 1.807) is 29.0 Å². The van der Waals surface area contributed by atoms with E-state index >= 15 is 0 Å². The molecule has 0 radical (unpaired) electrons. The van der Waals surface area contributed by atoms with Crippen LogP contribution in [0, 0.1) is 0 Å². The number of aromatic nitrogens is 2. The van der Waals surface area contributed by atoms with Crippen LogP contribution >= 0.6 is 22.7 Å². The van der Waals surface area contributed by atoms with Crippen molar-refractivity contribution in [2.24, 2.45) is 0 Å². The van der Waals surface area contributed by atoms with Gasteiger partial charge in [-0.25, -0.2) is 9.97 Å². The zero-order valence-electron chi connectivity index (χ0n) is 10.2. The van der Waals surface area contributed by atoms with Crippen LogP contribution in [0.4, 0.5) is 5.82 Å². The van der Waals surface area contributed by atoms with Gasteiger partial charge in [-0.05, 0) is 29.8 Å². The lowest BCUT2D eigenvalue weighted by Gasteiger charge is -2.25. The fourth-order valence-electron chi connectivity index (χ4n) is 1.96. The van der Waals surface area contributed by atoms with Gasteiger partial charge in [-0.1, -0.05) is 6.07 Å². The molecule has 92 valence electrons. The van der Waals surface area contributed by atoms with Crippen molar-refractivity contribution in [1.82, 2.24) is 9.97 Å². The molecule has 0 amide bonds. The Morgan fingerprint density at radius 2 is 2.06 bits per heavy atom. The van der Waals surface area contributed by atoms with Gasteiger partial charge in [0.1, 0.15) is 17.0 Å². The summed E-state index contributed by atoms with van der Waals surface area (Å²) >= 11 is 3.43. The average molecular weight is 275 g/mol. The third-order valence-electron chi connectivity index (χ3n) is 3.11. The number of anilines is 1. The van der Waals surface area contributed by atoms with Gasteiger partial charge in [0.05, 0.1) is 11.4 Å². The van der Waals surface area contributed by atoms with Gasteiger partial charge < -0.3 is 4.90 Å². The summed E-state index contributed by atoms with van der Waals surface area (Å²) in [6.45, 7) is 2.20. The van der Waals surface area contributed by atoms with Gasteiger partial charge in [0.15, 0.2) is 0 Å². The summed E-state index contributed by atoms with van der Waals surface area (Å²) in [4.78, 5) is 13.3. The second kappa shape index (κ2) is 4.66. The van der Waals surface area contributed by atoms with Gasteiger partial charge in [-0.2, -0.15) is 0 Å². The lowest BCUT2D eigenvalue weighted by atomic mass is 10.2. The van der Waals surface area contributed by atoms with E-state index in [9.17, 15) is 0 Å². The van der Waals surface area contributed by atoms with Gasteiger partial charge in [0.25, 0.3) is 0 Å². The predicted molar refractivity (Wildman–Crippen MR) is 78.6 cm³/mol. The minimum Gasteiger partial charge on any atom is -0.351 e. The molecule has 1 atom stereocenters. The van der Waals surface area contributed by atoms with Gasteiger partial charge in [0, 0.05) is 11.9 Å². The van der Waals surface area contributed by atoms with Crippen molar-refractivity contribution in [2.45, 2.75) is 13.0 Å². The molecule has 0 fully saturated rings. The summed E-state index contributed by atoms with van der Waals surface area (Å²) in [6.07, 6.45) is 1.64. The molecule has 0 bridgehead atoms. The smallest absolute Gasteiger partial charge is 0.141 e. The van der Waals surface area contributed by atoms with E-state index in [1.165, 1.54) is 4.88 Å². The third kappa shape index (κ3) is 1.89. The Balaban J connectivity index is 2.01. The molecule has 3 aromatic heterocycles. The lowest BCUT2D eigenvalue weighted by molar-refractivity contribution is 0.744. The molecule has 0 spiro atoms. The molecular formula is C13H13N3S2. The van der Waals surface area contributed by atoms with E-state index in [0.29, 0.717) is 6.04 Å². The van der Waals surface area contributed by atoms with Gasteiger partial charge >= 0.3 is 0 Å². The Hall–Kier alpha value is -1.46. The molecule has 0 aliphatic heterocycles. The lowest BCUT2D eigenvalue weighted by Crippen LogP contribution is -2.22. The Bertz CT molecular complexity index is 645. The number of thiophene rings is 2. The van der Waals surface area contributed by atoms with E-state index in [0.717, 1.165) is 16.0 Å². The summed E-state index contributed by atoms with van der Waals surface area (Å²) in [5.74, 6) is 1.00. The Kier molecular flexibility index (Phi) is 3.01. The monoisotopic (exact) mass is 275 g/mol. The van der Waals surface area contributed by atoms with Crippen molar-refractivity contribution in [3.05, 3.63) is 40.2 Å². The van der Waals surface area contributed by atoms with E-state index in [4.69, 9.17) is 0 Å². The van der Waals surface area contributed by atoms with Crippen LogP contribution in [0.2, 0.25) is 0 Å². The van der Waals surface area contributed by atoms with Gasteiger partial charge in [-0.15, -0.1) is 22.7 Å². The van der Waals surface area contributed by atoms with Crippen LogP contribution in [0.5, 0.6) is 0 Å². The fourth-order valence-corrected chi connectivity index (χ4v) is 3.52. The summed E-state index contributed by atoms with van der Waals surface area (Å²) in [6, 6.07) is 6.66. The molecule has 0 aromatic carbocycles. The molecule has 0 saturated carbocycles. The summed E-state index contributed by atoms with van der Waals surface area (Å²) in [5.41, 5.74) is 0. The molecule has 3 nitrogen and oxygen atoms in total. The number of nitrogens with zero attached hydrogens (tertiary/aromatic N) is 3. The van der Waals surface area contributed by atoms with Crippen molar-refractivity contribution in [3.63, 3.8) is 0 Å². The summed E-state index contributed by atoms with van der Waals surface area (Å²) in [7, 11) is 2.09. The topological polar surface area (TPSA) is 29.0 Å². The van der Waals surface area contributed by atoms with Gasteiger partial charge in [-0.3, -0.25) is 0 Å². The second-order valence-corrected chi connectivity index (χ2v) is 6.01. The largest absolute Gasteiger partial charge is 0.351 e. The highest BCUT2D eigenvalue weighted by Gasteiger charge is 2.17. The molecule has 3 heterocycles. The molecule has 0 aliphatic rings. The van der Waals surface area contributed by atoms with Crippen molar-refractivity contribution in [1.29, 1.82) is 0 Å². The fraction of sp³-hybridized carbons (Fsp3) is 0.231. The first-order chi connectivity index (χ1) is 8.77. The molecular weight excluding hydrogens is 262 g/mol. The summed E-state index contributed by atoms with van der Waals surface area (Å²) < 4.78 is 0. The van der Waals surface area contributed by atoms with Crippen LogP contribution in [0.25, 0.3) is 10.2 Å². The number of fused-ring (bicyclic) bond motifs is 1. The highest BCUT2D eigenvalue weighted by atomic mass is 32.1. The highest BCUT2D eigenvalue weighted by Crippen LogP contribution is 2.32. The molecule has 0 saturated heterocycles. The maximum absolute atomic E-state index is 4.44. The normalized spacial score (nSPS) is 12.8. The molecule has 0 unspecified atom stereocenters. The minimum absolute atomic E-state index is 0.322. The molecule has 3 aromatic rings. The zero-order valence-corrected chi connectivity index (χ0v) is 11.8. The van der Waals surface area contributed by atoms with Crippen LogP contribution in [-0.2, 0) is 0 Å². The van der Waals surface area contributed by atoms with Crippen LogP contribution in [0.1, 0.15) is 17.8 Å². The SMILES string of the molecule is C[C@H](c1cccs1)N(C)c1ncnc2sccc12. The van der Waals surface area contributed by atoms with Gasteiger partial charge in [0.2, 0.25) is 0 Å². The Labute approximate surface area is 114 Å². The van der Waals surface area contributed by atoms with E-state index in [-0.39, 0.29) is 0 Å². The van der Waals surface area contributed by atoms with E-state index in [2.05, 4.69) is 57.8 Å². The number of hydrogen-bond acceptors (Lipinski definition) is 5. The molecule has 0 aliphatic carbocycles. The predicted octanol–water partition coefficient (Wildman–Crippen LogP) is 3.95. The first kappa shape index (κ1) is 11.6. The van der Waals surface area contributed by atoms with E-state index in [1.807, 2.05) is 0 Å². The highest BCUT2D eigenvalue weighted by molar-refractivity contribution is 7.16.